The number of rotatable bonds is 6. The fourth-order valence-corrected chi connectivity index (χ4v) is 5.50. The van der Waals surface area contributed by atoms with Gasteiger partial charge in [-0.25, -0.2) is 0 Å². The Balaban J connectivity index is 1.24. The van der Waals surface area contributed by atoms with E-state index in [1.807, 2.05) is 4.90 Å². The van der Waals surface area contributed by atoms with E-state index in [1.165, 1.54) is 37.3 Å². The van der Waals surface area contributed by atoms with Crippen LogP contribution in [0.25, 0.3) is 6.08 Å². The second-order valence-corrected chi connectivity index (χ2v) is 10.6. The van der Waals surface area contributed by atoms with Crippen molar-refractivity contribution in [2.24, 2.45) is 4.99 Å². The number of methoxy groups -OCH3 is 1. The minimum Gasteiger partial charge on any atom is -0.493 e. The first-order chi connectivity index (χ1) is 20.8. The zero-order chi connectivity index (χ0) is 31.6. The van der Waals surface area contributed by atoms with E-state index in [9.17, 15) is 35.9 Å². The minimum absolute atomic E-state index is 0.0481. The molecule has 0 radical (unpaired) electrons. The number of ether oxygens (including phenoxy) is 2. The summed E-state index contributed by atoms with van der Waals surface area (Å²) >= 11 is 1.17. The van der Waals surface area contributed by atoms with Crippen LogP contribution in [0.4, 0.5) is 26.3 Å². The summed E-state index contributed by atoms with van der Waals surface area (Å²) in [6.07, 6.45) is -6.96. The van der Waals surface area contributed by atoms with Crippen molar-refractivity contribution in [3.05, 3.63) is 87.7 Å². The number of amides is 2. The van der Waals surface area contributed by atoms with Crippen molar-refractivity contribution >= 4 is 34.8 Å². The van der Waals surface area contributed by atoms with Gasteiger partial charge in [-0.2, -0.15) is 31.3 Å². The van der Waals surface area contributed by atoms with E-state index in [2.05, 4.69) is 4.99 Å². The number of nitrogens with zero attached hydrogens (tertiary/aromatic N) is 3. The summed E-state index contributed by atoms with van der Waals surface area (Å²) in [4.78, 5) is 33.2. The molecule has 44 heavy (non-hydrogen) atoms. The maximum absolute atomic E-state index is 13.5. The highest BCUT2D eigenvalue weighted by Gasteiger charge is 2.38. The molecule has 2 amide bonds. The molecule has 0 atom stereocenters. The van der Waals surface area contributed by atoms with Gasteiger partial charge in [0.05, 0.1) is 29.4 Å². The van der Waals surface area contributed by atoms with E-state index < -0.39 is 41.6 Å². The fraction of sp³-hybridized carbons (Fsp3) is 0.276. The van der Waals surface area contributed by atoms with E-state index in [-0.39, 0.29) is 29.2 Å². The zero-order valence-electron chi connectivity index (χ0n) is 22.9. The van der Waals surface area contributed by atoms with E-state index in [4.69, 9.17) is 13.9 Å². The number of thioether (sulfide) groups is 1. The second kappa shape index (κ2) is 12.3. The third-order valence-corrected chi connectivity index (χ3v) is 7.83. The van der Waals surface area contributed by atoms with Gasteiger partial charge in [0, 0.05) is 31.7 Å². The molecule has 15 heteroatoms. The Morgan fingerprint density at radius 1 is 1.00 bits per heavy atom. The number of hydrogen-bond acceptors (Lipinski definition) is 7. The highest BCUT2D eigenvalue weighted by molar-refractivity contribution is 8.18. The van der Waals surface area contributed by atoms with Crippen molar-refractivity contribution in [2.75, 3.05) is 33.3 Å². The van der Waals surface area contributed by atoms with Crippen LogP contribution in [-0.2, 0) is 23.8 Å². The van der Waals surface area contributed by atoms with Crippen molar-refractivity contribution in [1.82, 2.24) is 9.80 Å². The molecule has 1 saturated heterocycles. The molecular weight excluding hydrogens is 616 g/mol. The SMILES string of the molecule is COc1cc(C=C2SC(N3CCN(C(=O)c4ccco4)CC3)=NC2=O)ccc1OCc1ccc(C(F)(F)F)cc1C(F)(F)F. The summed E-state index contributed by atoms with van der Waals surface area (Å²) in [7, 11) is 1.31. The van der Waals surface area contributed by atoms with Gasteiger partial charge >= 0.3 is 12.4 Å². The lowest BCUT2D eigenvalue weighted by Gasteiger charge is -2.34. The molecule has 0 spiro atoms. The van der Waals surface area contributed by atoms with Crippen LogP contribution in [0, 0.1) is 0 Å². The molecule has 0 bridgehead atoms. The molecule has 1 fully saturated rings. The van der Waals surface area contributed by atoms with Gasteiger partial charge in [-0.05, 0) is 59.8 Å². The average molecular weight is 640 g/mol. The topological polar surface area (TPSA) is 84.6 Å². The number of aliphatic imine (C=N–C) groups is 1. The van der Waals surface area contributed by atoms with Crippen molar-refractivity contribution < 1.29 is 49.8 Å². The first-order valence-corrected chi connectivity index (χ1v) is 13.8. The van der Waals surface area contributed by atoms with Crippen LogP contribution >= 0.6 is 11.8 Å². The number of furan rings is 1. The Morgan fingerprint density at radius 2 is 1.75 bits per heavy atom. The van der Waals surface area contributed by atoms with E-state index in [1.54, 1.807) is 29.2 Å². The number of carbonyl (C=O) groups excluding carboxylic acids is 2. The predicted molar refractivity (Wildman–Crippen MR) is 148 cm³/mol. The standard InChI is InChI=1S/C29H23F6N3O5S/c1-41-23-13-17(4-7-21(23)43-16-18-5-6-19(28(30,31)32)15-20(18)29(33,34)35)14-24-25(39)36-27(44-24)38-10-8-37(9-11-38)26(40)22-3-2-12-42-22/h2-7,12-15H,8-11,16H2,1H3. The lowest BCUT2D eigenvalue weighted by Crippen LogP contribution is -2.49. The Morgan fingerprint density at radius 3 is 2.39 bits per heavy atom. The second-order valence-electron chi connectivity index (χ2n) is 9.63. The van der Waals surface area contributed by atoms with Crippen LogP contribution in [0.5, 0.6) is 11.5 Å². The number of halogens is 6. The molecule has 3 aromatic rings. The number of carbonyl (C=O) groups is 2. The highest BCUT2D eigenvalue weighted by atomic mass is 32.2. The van der Waals surface area contributed by atoms with Gasteiger partial charge in [0.15, 0.2) is 22.4 Å². The number of alkyl halides is 6. The molecular formula is C29H23F6N3O5S. The van der Waals surface area contributed by atoms with Crippen molar-refractivity contribution in [3.63, 3.8) is 0 Å². The summed E-state index contributed by atoms with van der Waals surface area (Å²) in [5.41, 5.74) is -2.84. The van der Waals surface area contributed by atoms with Crippen molar-refractivity contribution in [3.8, 4) is 11.5 Å². The van der Waals surface area contributed by atoms with Gasteiger partial charge in [-0.3, -0.25) is 9.59 Å². The maximum atomic E-state index is 13.5. The molecule has 0 unspecified atom stereocenters. The average Bonchev–Trinajstić information content (AvgIpc) is 3.65. The smallest absolute Gasteiger partial charge is 0.416 e. The molecule has 8 nitrogen and oxygen atoms in total. The monoisotopic (exact) mass is 639 g/mol. The number of hydrogen-bond donors (Lipinski definition) is 0. The summed E-state index contributed by atoms with van der Waals surface area (Å²) in [5, 5.41) is 0.496. The van der Waals surface area contributed by atoms with Gasteiger partial charge < -0.3 is 23.7 Å². The molecule has 2 aromatic carbocycles. The van der Waals surface area contributed by atoms with E-state index in [0.29, 0.717) is 47.9 Å². The van der Waals surface area contributed by atoms with Crippen LogP contribution in [0.1, 0.15) is 32.8 Å². The molecule has 0 saturated carbocycles. The quantitative estimate of drug-likeness (QED) is 0.230. The molecule has 2 aliphatic heterocycles. The molecule has 232 valence electrons. The molecule has 3 heterocycles. The van der Waals surface area contributed by atoms with Crippen LogP contribution < -0.4 is 9.47 Å². The van der Waals surface area contributed by atoms with Crippen LogP contribution in [0.2, 0.25) is 0 Å². The van der Waals surface area contributed by atoms with Crippen molar-refractivity contribution in [2.45, 2.75) is 19.0 Å². The lowest BCUT2D eigenvalue weighted by atomic mass is 10.0. The van der Waals surface area contributed by atoms with Crippen LogP contribution in [0.3, 0.4) is 0 Å². The summed E-state index contributed by atoms with van der Waals surface area (Å²) in [6, 6.07) is 9.05. The number of amidine groups is 1. The number of benzene rings is 2. The Kier molecular flexibility index (Phi) is 8.68. The van der Waals surface area contributed by atoms with E-state index >= 15 is 0 Å². The Hall–Kier alpha value is -4.40. The third-order valence-electron chi connectivity index (χ3n) is 6.79. The van der Waals surface area contributed by atoms with Gasteiger partial charge in [-0.1, -0.05) is 12.1 Å². The first kappa shape index (κ1) is 31.0. The highest BCUT2D eigenvalue weighted by Crippen LogP contribution is 2.39. The summed E-state index contributed by atoms with van der Waals surface area (Å²) < 4.78 is 95.4. The Labute approximate surface area is 250 Å². The first-order valence-electron chi connectivity index (χ1n) is 13.0. The van der Waals surface area contributed by atoms with Crippen molar-refractivity contribution in [1.29, 1.82) is 0 Å². The zero-order valence-corrected chi connectivity index (χ0v) is 23.7. The summed E-state index contributed by atoms with van der Waals surface area (Å²) in [5.74, 6) is -0.237. The fourth-order valence-electron chi connectivity index (χ4n) is 4.53. The minimum atomic E-state index is -5.03. The predicted octanol–water partition coefficient (Wildman–Crippen LogP) is 6.33. The molecule has 0 aliphatic carbocycles. The van der Waals surface area contributed by atoms with Gasteiger partial charge in [0.25, 0.3) is 11.8 Å². The number of piperazine rings is 1. The van der Waals surface area contributed by atoms with Gasteiger partial charge in [0.2, 0.25) is 0 Å². The third kappa shape index (κ3) is 6.87. The normalized spacial score (nSPS) is 16.8. The largest absolute Gasteiger partial charge is 0.493 e. The van der Waals surface area contributed by atoms with Crippen LogP contribution in [0.15, 0.2) is 69.1 Å². The molecule has 5 rings (SSSR count). The summed E-state index contributed by atoms with van der Waals surface area (Å²) in [6.45, 7) is 1.10. The lowest BCUT2D eigenvalue weighted by molar-refractivity contribution is -0.143. The molecule has 1 aromatic heterocycles. The van der Waals surface area contributed by atoms with Crippen LogP contribution in [-0.4, -0.2) is 60.1 Å². The van der Waals surface area contributed by atoms with Gasteiger partial charge in [-0.15, -0.1) is 0 Å². The molecule has 0 N–H and O–H groups in total. The van der Waals surface area contributed by atoms with E-state index in [0.717, 1.165) is 6.07 Å². The maximum Gasteiger partial charge on any atom is 0.416 e. The Bertz CT molecular complexity index is 1610. The van der Waals surface area contributed by atoms with Gasteiger partial charge in [0.1, 0.15) is 6.61 Å². The molecule has 2 aliphatic rings.